The number of rotatable bonds is 4. The third-order valence-corrected chi connectivity index (χ3v) is 5.58. The number of hydrogen-bond donors (Lipinski definition) is 1. The molecule has 1 aliphatic carbocycles. The van der Waals surface area contributed by atoms with Crippen LogP contribution in [0.3, 0.4) is 0 Å². The van der Waals surface area contributed by atoms with Crippen LogP contribution in [0.5, 0.6) is 0 Å². The van der Waals surface area contributed by atoms with E-state index < -0.39 is 0 Å². The fourth-order valence-electron chi connectivity index (χ4n) is 2.94. The van der Waals surface area contributed by atoms with Crippen molar-refractivity contribution in [1.29, 1.82) is 0 Å². The van der Waals surface area contributed by atoms with Gasteiger partial charge >= 0.3 is 5.97 Å². The van der Waals surface area contributed by atoms with E-state index in [2.05, 4.69) is 10.3 Å². The molecule has 0 fully saturated rings. The molecular formula is C19H22N2O3S. The van der Waals surface area contributed by atoms with E-state index in [1.807, 2.05) is 39.0 Å². The average molecular weight is 358 g/mol. The van der Waals surface area contributed by atoms with Crippen LogP contribution in [0.4, 0.5) is 5.13 Å². The minimum Gasteiger partial charge on any atom is -0.466 e. The van der Waals surface area contributed by atoms with Crippen molar-refractivity contribution < 1.29 is 14.3 Å². The van der Waals surface area contributed by atoms with Crippen LogP contribution in [0, 0.1) is 19.8 Å². The Balaban J connectivity index is 1.70. The lowest BCUT2D eigenvalue weighted by Crippen LogP contribution is -2.24. The van der Waals surface area contributed by atoms with Gasteiger partial charge in [-0.2, -0.15) is 0 Å². The number of hydrogen-bond acceptors (Lipinski definition) is 5. The van der Waals surface area contributed by atoms with Crippen LogP contribution < -0.4 is 5.32 Å². The Labute approximate surface area is 151 Å². The Morgan fingerprint density at radius 2 is 2.12 bits per heavy atom. The topological polar surface area (TPSA) is 68.3 Å². The monoisotopic (exact) mass is 358 g/mol. The van der Waals surface area contributed by atoms with Gasteiger partial charge < -0.3 is 4.74 Å². The number of esters is 1. The summed E-state index contributed by atoms with van der Waals surface area (Å²) in [6, 6.07) is 5.65. The van der Waals surface area contributed by atoms with Crippen molar-refractivity contribution in [2.45, 2.75) is 40.0 Å². The first-order valence-electron chi connectivity index (χ1n) is 8.51. The Hall–Kier alpha value is -2.21. The second-order valence-corrected chi connectivity index (χ2v) is 7.42. The number of amides is 1. The molecule has 1 unspecified atom stereocenters. The fourth-order valence-corrected chi connectivity index (χ4v) is 4.02. The van der Waals surface area contributed by atoms with Gasteiger partial charge in [-0.1, -0.05) is 6.07 Å². The Morgan fingerprint density at radius 1 is 1.32 bits per heavy atom. The summed E-state index contributed by atoms with van der Waals surface area (Å²) in [6.45, 7) is 6.23. The predicted octanol–water partition coefficient (Wildman–Crippen LogP) is 3.68. The van der Waals surface area contributed by atoms with E-state index in [9.17, 15) is 9.59 Å². The van der Waals surface area contributed by atoms with Crippen LogP contribution in [-0.2, 0) is 22.4 Å². The summed E-state index contributed by atoms with van der Waals surface area (Å²) in [5.74, 6) is -0.394. The molecule has 0 saturated carbocycles. The molecule has 1 amide bonds. The summed E-state index contributed by atoms with van der Waals surface area (Å²) in [4.78, 5) is 30.0. The summed E-state index contributed by atoms with van der Waals surface area (Å²) in [6.07, 6.45) is 2.14. The summed E-state index contributed by atoms with van der Waals surface area (Å²) < 4.78 is 5.12. The lowest BCUT2D eigenvalue weighted by Gasteiger charge is -2.18. The number of nitrogens with one attached hydrogen (secondary N) is 1. The summed E-state index contributed by atoms with van der Waals surface area (Å²) in [5.41, 5.74) is 3.86. The standard InChI is InChI=1S/C19H22N2O3S/c1-4-24-18(23)14-7-8-15-16(10-14)25-19(20-15)21-17(22)13-6-5-11(2)12(3)9-13/h5-6,9,14H,4,7-8,10H2,1-3H3,(H,20,21,22). The van der Waals surface area contributed by atoms with Gasteiger partial charge in [-0.3, -0.25) is 14.9 Å². The maximum absolute atomic E-state index is 12.4. The molecule has 25 heavy (non-hydrogen) atoms. The molecule has 0 spiro atoms. The highest BCUT2D eigenvalue weighted by Gasteiger charge is 2.28. The van der Waals surface area contributed by atoms with Crippen LogP contribution in [-0.4, -0.2) is 23.5 Å². The largest absolute Gasteiger partial charge is 0.466 e. The number of carbonyl (C=O) groups is 2. The summed E-state index contributed by atoms with van der Waals surface area (Å²) >= 11 is 1.45. The predicted molar refractivity (Wildman–Crippen MR) is 98.1 cm³/mol. The number of aromatic nitrogens is 1. The molecule has 5 nitrogen and oxygen atoms in total. The van der Waals surface area contributed by atoms with Crippen molar-refractivity contribution in [3.8, 4) is 0 Å². The second-order valence-electron chi connectivity index (χ2n) is 6.33. The van der Waals surface area contributed by atoms with Crippen molar-refractivity contribution in [2.75, 3.05) is 11.9 Å². The van der Waals surface area contributed by atoms with Gasteiger partial charge in [-0.15, -0.1) is 11.3 Å². The van der Waals surface area contributed by atoms with E-state index in [-0.39, 0.29) is 17.8 Å². The first-order chi connectivity index (χ1) is 12.0. The fraction of sp³-hybridized carbons (Fsp3) is 0.421. The van der Waals surface area contributed by atoms with E-state index in [4.69, 9.17) is 4.74 Å². The third kappa shape index (κ3) is 3.90. The molecule has 1 aliphatic rings. The zero-order chi connectivity index (χ0) is 18.0. The minimum atomic E-state index is -0.156. The van der Waals surface area contributed by atoms with E-state index in [1.165, 1.54) is 11.3 Å². The zero-order valence-corrected chi connectivity index (χ0v) is 15.5. The van der Waals surface area contributed by atoms with Crippen LogP contribution in [0.2, 0.25) is 0 Å². The molecule has 0 aliphatic heterocycles. The molecule has 1 aromatic carbocycles. The number of nitrogens with zero attached hydrogens (tertiary/aromatic N) is 1. The van der Waals surface area contributed by atoms with E-state index in [1.54, 1.807) is 0 Å². The van der Waals surface area contributed by atoms with Gasteiger partial charge in [0.15, 0.2) is 5.13 Å². The number of ether oxygens (including phenoxy) is 1. The maximum atomic E-state index is 12.4. The molecule has 0 radical (unpaired) electrons. The van der Waals surface area contributed by atoms with Crippen LogP contribution in [0.25, 0.3) is 0 Å². The highest BCUT2D eigenvalue weighted by Crippen LogP contribution is 2.33. The van der Waals surface area contributed by atoms with Gasteiger partial charge in [0, 0.05) is 10.4 Å². The highest BCUT2D eigenvalue weighted by atomic mass is 32.1. The van der Waals surface area contributed by atoms with Crippen molar-refractivity contribution in [3.05, 3.63) is 45.5 Å². The number of thiazole rings is 1. The number of anilines is 1. The molecule has 0 bridgehead atoms. The average Bonchev–Trinajstić information content (AvgIpc) is 2.98. The number of carbonyl (C=O) groups excluding carboxylic acids is 2. The number of aryl methyl sites for hydroxylation is 3. The number of fused-ring (bicyclic) bond motifs is 1. The van der Waals surface area contributed by atoms with Crippen molar-refractivity contribution >= 4 is 28.3 Å². The van der Waals surface area contributed by atoms with Gasteiger partial charge in [-0.25, -0.2) is 4.98 Å². The summed E-state index contributed by atoms with van der Waals surface area (Å²) in [7, 11) is 0. The van der Waals surface area contributed by atoms with E-state index in [0.717, 1.165) is 34.5 Å². The second kappa shape index (κ2) is 7.35. The van der Waals surface area contributed by atoms with Gasteiger partial charge in [0.1, 0.15) is 0 Å². The maximum Gasteiger partial charge on any atom is 0.309 e. The lowest BCUT2D eigenvalue weighted by molar-refractivity contribution is -0.148. The molecule has 1 atom stereocenters. The Bertz CT molecular complexity index is 813. The Morgan fingerprint density at radius 3 is 2.84 bits per heavy atom. The molecule has 3 rings (SSSR count). The summed E-state index contributed by atoms with van der Waals surface area (Å²) in [5, 5.41) is 3.48. The Kier molecular flexibility index (Phi) is 5.18. The molecular weight excluding hydrogens is 336 g/mol. The first-order valence-corrected chi connectivity index (χ1v) is 9.33. The van der Waals surface area contributed by atoms with Gasteiger partial charge in [0.05, 0.1) is 18.2 Å². The van der Waals surface area contributed by atoms with Gasteiger partial charge in [0.2, 0.25) is 0 Å². The molecule has 1 aromatic heterocycles. The molecule has 1 N–H and O–H groups in total. The van der Waals surface area contributed by atoms with E-state index in [0.29, 0.717) is 23.7 Å². The van der Waals surface area contributed by atoms with Gasteiger partial charge in [-0.05, 0) is 63.3 Å². The lowest BCUT2D eigenvalue weighted by atomic mass is 9.91. The number of benzene rings is 1. The van der Waals surface area contributed by atoms with Crippen LogP contribution in [0.15, 0.2) is 18.2 Å². The quantitative estimate of drug-likeness (QED) is 0.847. The zero-order valence-electron chi connectivity index (χ0n) is 14.7. The van der Waals surface area contributed by atoms with Crippen molar-refractivity contribution in [3.63, 3.8) is 0 Å². The van der Waals surface area contributed by atoms with Crippen molar-refractivity contribution in [2.24, 2.45) is 5.92 Å². The van der Waals surface area contributed by atoms with Crippen LogP contribution in [0.1, 0.15) is 45.4 Å². The molecule has 132 valence electrons. The minimum absolute atomic E-state index is 0.101. The van der Waals surface area contributed by atoms with Crippen LogP contribution >= 0.6 is 11.3 Å². The normalized spacial score (nSPS) is 16.2. The molecule has 6 heteroatoms. The molecule has 1 heterocycles. The molecule has 0 saturated heterocycles. The first kappa shape index (κ1) is 17.6. The third-order valence-electron chi connectivity index (χ3n) is 4.55. The van der Waals surface area contributed by atoms with Crippen molar-refractivity contribution in [1.82, 2.24) is 4.98 Å². The van der Waals surface area contributed by atoms with E-state index >= 15 is 0 Å². The highest BCUT2D eigenvalue weighted by molar-refractivity contribution is 7.15. The SMILES string of the molecule is CCOC(=O)C1CCc2nc(NC(=O)c3ccc(C)c(C)c3)sc2C1. The molecule has 2 aromatic rings. The van der Waals surface area contributed by atoms with Gasteiger partial charge in [0.25, 0.3) is 5.91 Å². The smallest absolute Gasteiger partial charge is 0.309 e.